The molecule has 1 aliphatic rings. The highest BCUT2D eigenvalue weighted by Gasteiger charge is 2.15. The fraction of sp³-hybridized carbons (Fsp3) is 0.250. The molecule has 5 nitrogen and oxygen atoms in total. The zero-order valence-corrected chi connectivity index (χ0v) is 13.9. The molecule has 0 radical (unpaired) electrons. The van der Waals surface area contributed by atoms with Crippen molar-refractivity contribution in [2.24, 2.45) is 5.10 Å². The predicted molar refractivity (Wildman–Crippen MR) is 95.6 cm³/mol. The molecule has 128 valence electrons. The first kappa shape index (κ1) is 16.9. The van der Waals surface area contributed by atoms with E-state index in [-0.39, 0.29) is 11.7 Å². The third kappa shape index (κ3) is 5.01. The van der Waals surface area contributed by atoms with Gasteiger partial charge in [0.05, 0.1) is 0 Å². The third-order valence-electron chi connectivity index (χ3n) is 4.00. The van der Waals surface area contributed by atoms with Crippen molar-refractivity contribution in [2.75, 3.05) is 0 Å². The van der Waals surface area contributed by atoms with Gasteiger partial charge < -0.3 is 4.74 Å². The van der Waals surface area contributed by atoms with Gasteiger partial charge in [-0.15, -0.1) is 0 Å². The number of amides is 1. The predicted octanol–water partition coefficient (Wildman–Crippen LogP) is 3.49. The molecule has 0 atom stereocenters. The van der Waals surface area contributed by atoms with E-state index in [0.717, 1.165) is 29.9 Å². The summed E-state index contributed by atoms with van der Waals surface area (Å²) >= 11 is 0. The Morgan fingerprint density at radius 1 is 1.04 bits per heavy atom. The van der Waals surface area contributed by atoms with E-state index in [1.54, 1.807) is 12.1 Å². The summed E-state index contributed by atoms with van der Waals surface area (Å²) in [6.45, 7) is 0.441. The maximum Gasteiger partial charge on any atom is 0.271 e. The van der Waals surface area contributed by atoms with Crippen LogP contribution in [0.25, 0.3) is 0 Å². The molecule has 0 unspecified atom stereocenters. The number of nitrogens with zero attached hydrogens (tertiary/aromatic N) is 1. The minimum absolute atomic E-state index is 0.182. The van der Waals surface area contributed by atoms with Gasteiger partial charge in [0.2, 0.25) is 0 Å². The fourth-order valence-electron chi connectivity index (χ4n) is 2.62. The fourth-order valence-corrected chi connectivity index (χ4v) is 2.62. The summed E-state index contributed by atoms with van der Waals surface area (Å²) in [6, 6.07) is 16.8. The van der Waals surface area contributed by atoms with Crippen molar-refractivity contribution in [3.63, 3.8) is 0 Å². The molecule has 0 heterocycles. The molecule has 1 fully saturated rings. The van der Waals surface area contributed by atoms with E-state index in [1.165, 1.54) is 0 Å². The summed E-state index contributed by atoms with van der Waals surface area (Å²) in [5.74, 6) is 0.713. The molecular formula is C20H20N2O3. The minimum Gasteiger partial charge on any atom is -0.489 e. The molecule has 1 amide bonds. The van der Waals surface area contributed by atoms with E-state index >= 15 is 0 Å². The van der Waals surface area contributed by atoms with E-state index in [9.17, 15) is 9.59 Å². The van der Waals surface area contributed by atoms with Crippen molar-refractivity contribution >= 4 is 17.4 Å². The van der Waals surface area contributed by atoms with Crippen LogP contribution in [-0.4, -0.2) is 17.4 Å². The topological polar surface area (TPSA) is 67.8 Å². The third-order valence-corrected chi connectivity index (χ3v) is 4.00. The number of ether oxygens (including phenoxy) is 1. The van der Waals surface area contributed by atoms with Gasteiger partial charge in [-0.3, -0.25) is 9.59 Å². The Balaban J connectivity index is 1.53. The quantitative estimate of drug-likeness (QED) is 0.850. The minimum atomic E-state index is -0.277. The van der Waals surface area contributed by atoms with Gasteiger partial charge in [0.1, 0.15) is 18.1 Å². The molecule has 25 heavy (non-hydrogen) atoms. The number of carbonyl (C=O) groups excluding carboxylic acids is 2. The highest BCUT2D eigenvalue weighted by molar-refractivity contribution is 6.04. The molecule has 2 aromatic carbocycles. The van der Waals surface area contributed by atoms with Gasteiger partial charge in [-0.1, -0.05) is 30.3 Å². The lowest BCUT2D eigenvalue weighted by molar-refractivity contribution is -0.118. The molecule has 0 aromatic heterocycles. The number of para-hydroxylation sites is 1. The lowest BCUT2D eigenvalue weighted by Crippen LogP contribution is -2.22. The molecule has 1 aliphatic carbocycles. The molecule has 1 saturated carbocycles. The summed E-state index contributed by atoms with van der Waals surface area (Å²) in [7, 11) is 0. The van der Waals surface area contributed by atoms with Crippen LogP contribution in [0.4, 0.5) is 0 Å². The number of hydrogen-bond donors (Lipinski definition) is 1. The van der Waals surface area contributed by atoms with Gasteiger partial charge in [-0.2, -0.15) is 5.10 Å². The molecule has 5 heteroatoms. The van der Waals surface area contributed by atoms with Crippen LogP contribution >= 0.6 is 0 Å². The Kier molecular flexibility index (Phi) is 5.57. The van der Waals surface area contributed by atoms with Gasteiger partial charge in [0.25, 0.3) is 5.91 Å². The number of hydrazone groups is 1. The number of rotatable bonds is 5. The van der Waals surface area contributed by atoms with Crippen LogP contribution < -0.4 is 10.2 Å². The number of carbonyl (C=O) groups is 2. The highest BCUT2D eigenvalue weighted by Crippen LogP contribution is 2.13. The Hall–Kier alpha value is -2.95. The first-order valence-electron chi connectivity index (χ1n) is 8.35. The molecule has 2 aromatic rings. The average Bonchev–Trinajstić information content (AvgIpc) is 2.66. The van der Waals surface area contributed by atoms with Crippen LogP contribution in [0.5, 0.6) is 5.75 Å². The SMILES string of the molecule is O=C1CCC/C(=N\NC(=O)c2ccc(COc3ccccc3)cc2)C1. The number of Topliss-reactive ketones (excluding diaryl/α,β-unsaturated/α-hetero) is 1. The van der Waals surface area contributed by atoms with Crippen LogP contribution in [-0.2, 0) is 11.4 Å². The molecule has 3 rings (SSSR count). The number of ketones is 1. The summed E-state index contributed by atoms with van der Waals surface area (Å²) in [6.07, 6.45) is 2.53. The molecular weight excluding hydrogens is 316 g/mol. The van der Waals surface area contributed by atoms with E-state index < -0.39 is 0 Å². The second-order valence-electron chi connectivity index (χ2n) is 5.99. The largest absolute Gasteiger partial charge is 0.489 e. The van der Waals surface area contributed by atoms with E-state index in [4.69, 9.17) is 4.74 Å². The normalized spacial score (nSPS) is 15.8. The molecule has 0 spiro atoms. The van der Waals surface area contributed by atoms with Crippen molar-refractivity contribution in [1.29, 1.82) is 0 Å². The van der Waals surface area contributed by atoms with Crippen molar-refractivity contribution in [1.82, 2.24) is 5.43 Å². The maximum atomic E-state index is 12.1. The van der Waals surface area contributed by atoms with Crippen LogP contribution in [0.15, 0.2) is 59.7 Å². The first-order valence-corrected chi connectivity index (χ1v) is 8.35. The smallest absolute Gasteiger partial charge is 0.271 e. The lowest BCUT2D eigenvalue weighted by atomic mass is 9.97. The van der Waals surface area contributed by atoms with Crippen molar-refractivity contribution in [3.8, 4) is 5.75 Å². The van der Waals surface area contributed by atoms with Gasteiger partial charge in [0, 0.05) is 24.1 Å². The van der Waals surface area contributed by atoms with Gasteiger partial charge in [-0.25, -0.2) is 5.43 Å². The molecule has 0 bridgehead atoms. The van der Waals surface area contributed by atoms with E-state index in [1.807, 2.05) is 42.5 Å². The standard InChI is InChI=1S/C20H20N2O3/c23-18-6-4-5-17(13-18)21-22-20(24)16-11-9-15(10-12-16)14-25-19-7-2-1-3-8-19/h1-3,7-12H,4-6,13-14H2,(H,22,24)/b21-17+. The van der Waals surface area contributed by atoms with Crippen molar-refractivity contribution in [3.05, 3.63) is 65.7 Å². The zero-order chi connectivity index (χ0) is 17.5. The van der Waals surface area contributed by atoms with Crippen molar-refractivity contribution in [2.45, 2.75) is 32.3 Å². The summed E-state index contributed by atoms with van der Waals surface area (Å²) < 4.78 is 5.67. The zero-order valence-electron chi connectivity index (χ0n) is 13.9. The van der Waals surface area contributed by atoms with Gasteiger partial charge in [0.15, 0.2) is 0 Å². The summed E-state index contributed by atoms with van der Waals surface area (Å²) in [5.41, 5.74) is 4.78. The summed E-state index contributed by atoms with van der Waals surface area (Å²) in [4.78, 5) is 23.5. The van der Waals surface area contributed by atoms with E-state index in [0.29, 0.717) is 25.0 Å². The molecule has 0 aliphatic heterocycles. The van der Waals surface area contributed by atoms with Crippen LogP contribution in [0.3, 0.4) is 0 Å². The molecule has 1 N–H and O–H groups in total. The van der Waals surface area contributed by atoms with Crippen LogP contribution in [0.1, 0.15) is 41.6 Å². The number of benzene rings is 2. The lowest BCUT2D eigenvalue weighted by Gasteiger charge is -2.11. The molecule has 0 saturated heterocycles. The Labute approximate surface area is 146 Å². The van der Waals surface area contributed by atoms with Crippen LogP contribution in [0.2, 0.25) is 0 Å². The van der Waals surface area contributed by atoms with E-state index in [2.05, 4.69) is 10.5 Å². The monoisotopic (exact) mass is 336 g/mol. The van der Waals surface area contributed by atoms with Gasteiger partial charge >= 0.3 is 0 Å². The second-order valence-corrected chi connectivity index (χ2v) is 5.99. The number of nitrogens with one attached hydrogen (secondary N) is 1. The number of hydrogen-bond acceptors (Lipinski definition) is 4. The second kappa shape index (κ2) is 8.24. The Bertz CT molecular complexity index is 767. The maximum absolute atomic E-state index is 12.1. The summed E-state index contributed by atoms with van der Waals surface area (Å²) in [5, 5.41) is 4.08. The Morgan fingerprint density at radius 3 is 2.52 bits per heavy atom. The van der Waals surface area contributed by atoms with Gasteiger partial charge in [-0.05, 0) is 42.7 Å². The highest BCUT2D eigenvalue weighted by atomic mass is 16.5. The van der Waals surface area contributed by atoms with Crippen molar-refractivity contribution < 1.29 is 14.3 Å². The average molecular weight is 336 g/mol. The first-order chi connectivity index (χ1) is 12.2. The van der Waals surface area contributed by atoms with Crippen LogP contribution in [0, 0.1) is 0 Å². The Morgan fingerprint density at radius 2 is 1.80 bits per heavy atom.